The van der Waals surface area contributed by atoms with Crippen molar-refractivity contribution < 1.29 is 40.0 Å². The fraction of sp³-hybridized carbons (Fsp3) is 0.533. The molecule has 0 aliphatic heterocycles. The van der Waals surface area contributed by atoms with Crippen molar-refractivity contribution in [2.75, 3.05) is 32.7 Å². The highest BCUT2D eigenvalue weighted by Crippen LogP contribution is 2.27. The first-order valence-electron chi connectivity index (χ1n) is 8.03. The first-order chi connectivity index (χ1) is 12.7. The number of rotatable bonds is 10. The highest BCUT2D eigenvalue weighted by atomic mass is 28.4. The molecule has 0 heterocycles. The summed E-state index contributed by atoms with van der Waals surface area (Å²) in [6.07, 6.45) is 0.996. The minimum absolute atomic E-state index is 0.0886. The molecule has 0 spiro atoms. The van der Waals surface area contributed by atoms with Crippen LogP contribution in [0.15, 0.2) is 0 Å². The van der Waals surface area contributed by atoms with Crippen LogP contribution in [-0.2, 0) is 13.3 Å². The lowest BCUT2D eigenvalue weighted by molar-refractivity contribution is 0.103. The molecule has 2 amide bonds. The Morgan fingerprint density at radius 3 is 1.93 bits per heavy atom. The Morgan fingerprint density at radius 1 is 0.926 bits per heavy atom. The lowest BCUT2D eigenvalue weighted by atomic mass is 10.2. The van der Waals surface area contributed by atoms with Crippen LogP contribution >= 0.6 is 0 Å². The van der Waals surface area contributed by atoms with Crippen molar-refractivity contribution >= 4 is 20.5 Å². The molecular formula is C15H21F5N2O4Si. The summed E-state index contributed by atoms with van der Waals surface area (Å²) in [5.41, 5.74) is -1.41. The molecule has 0 saturated heterocycles. The van der Waals surface area contributed by atoms with Gasteiger partial charge in [-0.15, -0.1) is 0 Å². The van der Waals surface area contributed by atoms with Crippen molar-refractivity contribution in [1.29, 1.82) is 0 Å². The van der Waals surface area contributed by atoms with Crippen molar-refractivity contribution in [2.45, 2.75) is 25.8 Å². The molecule has 0 radical (unpaired) electrons. The van der Waals surface area contributed by atoms with E-state index in [9.17, 15) is 26.7 Å². The minimum atomic E-state index is -2.76. The van der Waals surface area contributed by atoms with Gasteiger partial charge in [-0.25, -0.2) is 26.7 Å². The number of halogens is 5. The number of nitrogens with one attached hydrogen (secondary N) is 2. The number of unbranched alkanes of at least 4 members (excludes halogenated alkanes) is 1. The van der Waals surface area contributed by atoms with Gasteiger partial charge in [0.05, 0.1) is 0 Å². The maximum absolute atomic E-state index is 13.5. The number of urea groups is 1. The van der Waals surface area contributed by atoms with E-state index in [2.05, 4.69) is 5.32 Å². The average Bonchev–Trinajstić information content (AvgIpc) is 2.67. The Labute approximate surface area is 154 Å². The van der Waals surface area contributed by atoms with Crippen molar-refractivity contribution in [3.8, 4) is 0 Å². The van der Waals surface area contributed by atoms with Crippen LogP contribution in [0.5, 0.6) is 0 Å². The molecule has 0 atom stereocenters. The summed E-state index contributed by atoms with van der Waals surface area (Å²) in [5, 5.41) is 3.89. The number of anilines is 1. The molecule has 0 bridgehead atoms. The molecule has 0 aliphatic carbocycles. The molecule has 0 saturated carbocycles. The molecular weight excluding hydrogens is 395 g/mol. The van der Waals surface area contributed by atoms with E-state index in [-0.39, 0.29) is 6.54 Å². The van der Waals surface area contributed by atoms with Crippen LogP contribution in [0.4, 0.5) is 32.4 Å². The highest BCUT2D eigenvalue weighted by Gasteiger charge is 2.37. The van der Waals surface area contributed by atoms with Gasteiger partial charge in [-0.3, -0.25) is 0 Å². The van der Waals surface area contributed by atoms with Gasteiger partial charge in [0.25, 0.3) is 0 Å². The lowest BCUT2D eigenvalue weighted by Gasteiger charge is -2.25. The molecule has 0 fully saturated rings. The number of amides is 2. The minimum Gasteiger partial charge on any atom is -0.377 e. The third-order valence-electron chi connectivity index (χ3n) is 3.63. The van der Waals surface area contributed by atoms with E-state index in [1.807, 2.05) is 0 Å². The zero-order valence-corrected chi connectivity index (χ0v) is 16.1. The molecule has 0 unspecified atom stereocenters. The Hall–Kier alpha value is -1.76. The molecule has 12 heteroatoms. The fourth-order valence-corrected chi connectivity index (χ4v) is 4.32. The number of carbonyl (C=O) groups excluding carboxylic acids is 1. The van der Waals surface area contributed by atoms with E-state index in [1.165, 1.54) is 14.2 Å². The summed E-state index contributed by atoms with van der Waals surface area (Å²) < 4.78 is 82.2. The second-order valence-corrected chi connectivity index (χ2v) is 8.28. The van der Waals surface area contributed by atoms with E-state index >= 15 is 0 Å². The number of benzene rings is 1. The summed E-state index contributed by atoms with van der Waals surface area (Å²) in [6, 6.07) is -0.626. The number of hydrogen-bond donors (Lipinski definition) is 2. The largest absolute Gasteiger partial charge is 0.500 e. The van der Waals surface area contributed by atoms with Crippen molar-refractivity contribution in [3.05, 3.63) is 29.1 Å². The van der Waals surface area contributed by atoms with E-state index in [0.29, 0.717) is 25.5 Å². The van der Waals surface area contributed by atoms with Gasteiger partial charge in [0.2, 0.25) is 5.82 Å². The Balaban J connectivity index is 2.54. The summed E-state index contributed by atoms with van der Waals surface area (Å²) in [4.78, 5) is 11.6. The summed E-state index contributed by atoms with van der Waals surface area (Å²) in [7, 11) is 0.186. The van der Waals surface area contributed by atoms with Crippen LogP contribution in [0.3, 0.4) is 0 Å². The van der Waals surface area contributed by atoms with Gasteiger partial charge in [-0.2, -0.15) is 0 Å². The maximum atomic E-state index is 13.5. The van der Waals surface area contributed by atoms with Gasteiger partial charge in [0.1, 0.15) is 5.69 Å². The van der Waals surface area contributed by atoms with Crippen molar-refractivity contribution in [3.63, 3.8) is 0 Å². The molecule has 2 N–H and O–H groups in total. The Morgan fingerprint density at radius 2 is 1.44 bits per heavy atom. The van der Waals surface area contributed by atoms with Crippen LogP contribution in [0.1, 0.15) is 19.8 Å². The molecule has 0 aliphatic rings. The third-order valence-corrected chi connectivity index (χ3v) is 6.57. The Bertz CT molecular complexity index is 633. The van der Waals surface area contributed by atoms with Gasteiger partial charge in [-0.05, 0) is 19.8 Å². The van der Waals surface area contributed by atoms with E-state index in [4.69, 9.17) is 13.3 Å². The first-order valence-corrected chi connectivity index (χ1v) is 9.96. The van der Waals surface area contributed by atoms with Gasteiger partial charge < -0.3 is 23.9 Å². The lowest BCUT2D eigenvalue weighted by Crippen LogP contribution is -2.43. The zero-order valence-electron chi connectivity index (χ0n) is 15.1. The van der Waals surface area contributed by atoms with E-state index in [1.54, 1.807) is 12.2 Å². The number of hydrogen-bond acceptors (Lipinski definition) is 4. The standard InChI is InChI=1S/C15H21F5N2O4Si/c1-4-26-27(24-2,25-3)8-6-5-7-21-15(23)22-14-12(19)10(17)9(16)11(18)13(14)20/h4-8H2,1-3H3,(H2,21,22,23). The summed E-state index contributed by atoms with van der Waals surface area (Å²) in [6.45, 7) is 2.30. The monoisotopic (exact) mass is 416 g/mol. The second kappa shape index (κ2) is 10.5. The molecule has 6 nitrogen and oxygen atoms in total. The Kier molecular flexibility index (Phi) is 9.09. The van der Waals surface area contributed by atoms with Crippen LogP contribution in [-0.4, -0.2) is 42.2 Å². The van der Waals surface area contributed by atoms with Gasteiger partial charge in [0, 0.05) is 33.4 Å². The topological polar surface area (TPSA) is 68.8 Å². The quantitative estimate of drug-likeness (QED) is 0.201. The summed E-state index contributed by atoms with van der Waals surface area (Å²) in [5.74, 6) is -10.8. The maximum Gasteiger partial charge on any atom is 0.500 e. The molecule has 1 aromatic rings. The molecule has 1 aromatic carbocycles. The molecule has 154 valence electrons. The highest BCUT2D eigenvalue weighted by molar-refractivity contribution is 6.60. The van der Waals surface area contributed by atoms with E-state index in [0.717, 1.165) is 0 Å². The van der Waals surface area contributed by atoms with E-state index < -0.39 is 49.6 Å². The summed E-state index contributed by atoms with van der Waals surface area (Å²) >= 11 is 0. The predicted molar refractivity (Wildman–Crippen MR) is 88.7 cm³/mol. The van der Waals surface area contributed by atoms with Gasteiger partial charge >= 0.3 is 14.8 Å². The van der Waals surface area contributed by atoms with Crippen LogP contribution in [0, 0.1) is 29.1 Å². The van der Waals surface area contributed by atoms with Crippen LogP contribution < -0.4 is 10.6 Å². The van der Waals surface area contributed by atoms with Crippen molar-refractivity contribution in [2.24, 2.45) is 0 Å². The second-order valence-electron chi connectivity index (χ2n) is 5.31. The fourth-order valence-electron chi connectivity index (χ4n) is 2.24. The smallest absolute Gasteiger partial charge is 0.377 e. The van der Waals surface area contributed by atoms with Crippen LogP contribution in [0.25, 0.3) is 0 Å². The van der Waals surface area contributed by atoms with Crippen LogP contribution in [0.2, 0.25) is 6.04 Å². The average molecular weight is 416 g/mol. The third kappa shape index (κ3) is 5.86. The first kappa shape index (κ1) is 23.3. The normalized spacial score (nSPS) is 11.6. The molecule has 1 rings (SSSR count). The zero-order chi connectivity index (χ0) is 20.6. The van der Waals surface area contributed by atoms with Gasteiger partial charge in [-0.1, -0.05) is 0 Å². The molecule has 0 aromatic heterocycles. The predicted octanol–water partition coefficient (Wildman–Crippen LogP) is 3.55. The molecule has 27 heavy (non-hydrogen) atoms. The van der Waals surface area contributed by atoms with Gasteiger partial charge in [0.15, 0.2) is 23.3 Å². The SMILES string of the molecule is CCO[Si](CCCCNC(=O)Nc1c(F)c(F)c(F)c(F)c1F)(OC)OC. The number of carbonyl (C=O) groups is 1. The van der Waals surface area contributed by atoms with Crippen molar-refractivity contribution in [1.82, 2.24) is 5.32 Å².